The van der Waals surface area contributed by atoms with Gasteiger partial charge < -0.3 is 10.1 Å². The van der Waals surface area contributed by atoms with Gasteiger partial charge in [0, 0.05) is 18.2 Å². The molecule has 3 heteroatoms. The van der Waals surface area contributed by atoms with Gasteiger partial charge in [-0.15, -0.1) is 0 Å². The normalized spacial score (nSPS) is 14.7. The van der Waals surface area contributed by atoms with Crippen molar-refractivity contribution in [1.29, 1.82) is 0 Å². The highest BCUT2D eigenvalue weighted by atomic mass is 32.1. The topological polar surface area (TPSA) is 21.3 Å². The van der Waals surface area contributed by atoms with E-state index in [1.165, 1.54) is 24.0 Å². The summed E-state index contributed by atoms with van der Waals surface area (Å²) in [4.78, 5) is 0. The Kier molecular flexibility index (Phi) is 3.62. The standard InChI is InChI=1S/C15H17NOS/c1-2-4-15(17-10-12-7-8-18-11-12)13(3-1)9-16-14-5-6-14/h1-4,7-8,11,14,16H,5-6,9-10H2. The fraction of sp³-hybridized carbons (Fsp3) is 0.333. The van der Waals surface area contributed by atoms with E-state index in [4.69, 9.17) is 4.74 Å². The van der Waals surface area contributed by atoms with Crippen LogP contribution in [0.5, 0.6) is 5.75 Å². The molecule has 0 bridgehead atoms. The summed E-state index contributed by atoms with van der Waals surface area (Å²) in [6.45, 7) is 1.56. The second kappa shape index (κ2) is 5.55. The Morgan fingerprint density at radius 2 is 2.11 bits per heavy atom. The first-order valence-corrected chi connectivity index (χ1v) is 7.31. The lowest BCUT2D eigenvalue weighted by atomic mass is 10.2. The van der Waals surface area contributed by atoms with Crippen molar-refractivity contribution in [3.63, 3.8) is 0 Å². The van der Waals surface area contributed by atoms with Crippen LogP contribution in [0.25, 0.3) is 0 Å². The molecule has 2 nitrogen and oxygen atoms in total. The molecule has 1 aromatic heterocycles. The first kappa shape index (κ1) is 11.8. The zero-order chi connectivity index (χ0) is 12.2. The second-order valence-electron chi connectivity index (χ2n) is 4.68. The zero-order valence-corrected chi connectivity index (χ0v) is 11.1. The van der Waals surface area contributed by atoms with E-state index in [-0.39, 0.29) is 0 Å². The van der Waals surface area contributed by atoms with Crippen LogP contribution in [-0.2, 0) is 13.2 Å². The van der Waals surface area contributed by atoms with Crippen LogP contribution in [0.4, 0.5) is 0 Å². The van der Waals surface area contributed by atoms with Gasteiger partial charge in [-0.1, -0.05) is 18.2 Å². The minimum absolute atomic E-state index is 0.657. The van der Waals surface area contributed by atoms with Gasteiger partial charge in [0.1, 0.15) is 12.4 Å². The lowest BCUT2D eigenvalue weighted by Gasteiger charge is -2.11. The van der Waals surface area contributed by atoms with Crippen molar-refractivity contribution in [3.8, 4) is 5.75 Å². The number of nitrogens with one attached hydrogen (secondary N) is 1. The third-order valence-corrected chi connectivity index (χ3v) is 3.84. The van der Waals surface area contributed by atoms with Gasteiger partial charge >= 0.3 is 0 Å². The van der Waals surface area contributed by atoms with E-state index in [0.717, 1.165) is 18.3 Å². The molecule has 18 heavy (non-hydrogen) atoms. The molecule has 3 rings (SSSR count). The van der Waals surface area contributed by atoms with Crippen molar-refractivity contribution in [1.82, 2.24) is 5.32 Å². The van der Waals surface area contributed by atoms with Crippen LogP contribution in [0.15, 0.2) is 41.1 Å². The zero-order valence-electron chi connectivity index (χ0n) is 10.3. The molecule has 0 unspecified atom stereocenters. The van der Waals surface area contributed by atoms with Crippen LogP contribution in [0.2, 0.25) is 0 Å². The highest BCUT2D eigenvalue weighted by molar-refractivity contribution is 7.07. The predicted octanol–water partition coefficient (Wildman–Crippen LogP) is 3.58. The summed E-state index contributed by atoms with van der Waals surface area (Å²) in [7, 11) is 0. The maximum atomic E-state index is 5.90. The molecule has 0 saturated heterocycles. The number of hydrogen-bond donors (Lipinski definition) is 1. The minimum atomic E-state index is 0.657. The van der Waals surface area contributed by atoms with Crippen molar-refractivity contribution < 1.29 is 4.74 Å². The van der Waals surface area contributed by atoms with Gasteiger partial charge in [0.15, 0.2) is 0 Å². The highest BCUT2D eigenvalue weighted by Crippen LogP contribution is 2.23. The van der Waals surface area contributed by atoms with Gasteiger partial charge in [-0.2, -0.15) is 11.3 Å². The van der Waals surface area contributed by atoms with E-state index in [2.05, 4.69) is 40.3 Å². The third-order valence-electron chi connectivity index (χ3n) is 3.11. The van der Waals surface area contributed by atoms with E-state index in [0.29, 0.717) is 6.61 Å². The van der Waals surface area contributed by atoms with Crippen molar-refractivity contribution >= 4 is 11.3 Å². The Morgan fingerprint density at radius 3 is 2.89 bits per heavy atom. The molecule has 1 aromatic carbocycles. The molecule has 0 spiro atoms. The van der Waals surface area contributed by atoms with E-state index in [9.17, 15) is 0 Å². The molecule has 1 fully saturated rings. The molecule has 0 radical (unpaired) electrons. The quantitative estimate of drug-likeness (QED) is 0.856. The van der Waals surface area contributed by atoms with Gasteiger partial charge in [-0.3, -0.25) is 0 Å². The molecule has 1 aliphatic carbocycles. The average Bonchev–Trinajstić information content (AvgIpc) is 3.09. The van der Waals surface area contributed by atoms with Crippen LogP contribution in [0, 0.1) is 0 Å². The smallest absolute Gasteiger partial charge is 0.124 e. The second-order valence-corrected chi connectivity index (χ2v) is 5.46. The third kappa shape index (κ3) is 3.12. The monoisotopic (exact) mass is 259 g/mol. The van der Waals surface area contributed by atoms with Gasteiger partial charge in [0.05, 0.1) is 0 Å². The summed E-state index contributed by atoms with van der Waals surface area (Å²) < 4.78 is 5.90. The molecule has 94 valence electrons. The Morgan fingerprint density at radius 1 is 1.22 bits per heavy atom. The Hall–Kier alpha value is -1.32. The number of thiophene rings is 1. The highest BCUT2D eigenvalue weighted by Gasteiger charge is 2.20. The van der Waals surface area contributed by atoms with E-state index >= 15 is 0 Å². The maximum Gasteiger partial charge on any atom is 0.124 e. The first-order chi connectivity index (χ1) is 8.92. The fourth-order valence-electron chi connectivity index (χ4n) is 1.87. The van der Waals surface area contributed by atoms with Gasteiger partial charge in [-0.05, 0) is 41.3 Å². The van der Waals surface area contributed by atoms with Crippen molar-refractivity contribution in [2.75, 3.05) is 0 Å². The molecule has 1 heterocycles. The van der Waals surface area contributed by atoms with Crippen LogP contribution < -0.4 is 10.1 Å². The Bertz CT molecular complexity index is 491. The minimum Gasteiger partial charge on any atom is -0.489 e. The lowest BCUT2D eigenvalue weighted by Crippen LogP contribution is -2.16. The molecule has 1 N–H and O–H groups in total. The van der Waals surface area contributed by atoms with Crippen molar-refractivity contribution in [2.45, 2.75) is 32.0 Å². The largest absolute Gasteiger partial charge is 0.489 e. The van der Waals surface area contributed by atoms with Crippen LogP contribution in [0.1, 0.15) is 24.0 Å². The van der Waals surface area contributed by atoms with Gasteiger partial charge in [0.2, 0.25) is 0 Å². The molecule has 0 amide bonds. The molecular weight excluding hydrogens is 242 g/mol. The summed E-state index contributed by atoms with van der Waals surface area (Å²) in [6.07, 6.45) is 2.63. The average molecular weight is 259 g/mol. The Labute approximate surface area is 112 Å². The fourth-order valence-corrected chi connectivity index (χ4v) is 2.52. The number of ether oxygens (including phenoxy) is 1. The van der Waals surface area contributed by atoms with E-state index in [1.807, 2.05) is 6.07 Å². The van der Waals surface area contributed by atoms with Crippen molar-refractivity contribution in [2.24, 2.45) is 0 Å². The molecule has 2 aromatic rings. The van der Waals surface area contributed by atoms with Gasteiger partial charge in [0.25, 0.3) is 0 Å². The summed E-state index contributed by atoms with van der Waals surface area (Å²) in [5.74, 6) is 0.997. The molecule has 0 atom stereocenters. The van der Waals surface area contributed by atoms with Crippen LogP contribution in [0.3, 0.4) is 0 Å². The molecular formula is C15H17NOS. The molecule has 1 aliphatic rings. The maximum absolute atomic E-state index is 5.90. The van der Waals surface area contributed by atoms with Gasteiger partial charge in [-0.25, -0.2) is 0 Å². The van der Waals surface area contributed by atoms with Crippen LogP contribution in [-0.4, -0.2) is 6.04 Å². The predicted molar refractivity (Wildman–Crippen MR) is 75.0 cm³/mol. The first-order valence-electron chi connectivity index (χ1n) is 6.37. The summed E-state index contributed by atoms with van der Waals surface area (Å²) in [5.41, 5.74) is 2.49. The van der Waals surface area contributed by atoms with E-state index in [1.54, 1.807) is 11.3 Å². The number of hydrogen-bond acceptors (Lipinski definition) is 3. The van der Waals surface area contributed by atoms with Crippen molar-refractivity contribution in [3.05, 3.63) is 52.2 Å². The summed E-state index contributed by atoms with van der Waals surface area (Å²) in [6, 6.07) is 11.1. The molecule has 0 aliphatic heterocycles. The number of para-hydroxylation sites is 1. The summed E-state index contributed by atoms with van der Waals surface area (Å²) >= 11 is 1.71. The van der Waals surface area contributed by atoms with E-state index < -0.39 is 0 Å². The summed E-state index contributed by atoms with van der Waals surface area (Å²) in [5, 5.41) is 7.74. The lowest BCUT2D eigenvalue weighted by molar-refractivity contribution is 0.302. The number of benzene rings is 1. The molecule has 1 saturated carbocycles. The number of rotatable bonds is 6. The SMILES string of the molecule is c1ccc(OCc2ccsc2)c(CNC2CC2)c1. The van der Waals surface area contributed by atoms with Crippen LogP contribution >= 0.6 is 11.3 Å². The Balaban J connectivity index is 1.62.